The van der Waals surface area contributed by atoms with Crippen molar-refractivity contribution in [1.82, 2.24) is 0 Å². The van der Waals surface area contributed by atoms with E-state index in [1.165, 1.54) is 102 Å². The lowest BCUT2D eigenvalue weighted by Crippen LogP contribution is -2.46. The maximum absolute atomic E-state index is 11.0. The Labute approximate surface area is 238 Å². The zero-order valence-electron chi connectivity index (χ0n) is 25.7. The Balaban J connectivity index is 4.46. The highest BCUT2D eigenvalue weighted by molar-refractivity contribution is 6.60. The zero-order valence-corrected chi connectivity index (χ0v) is 26.7. The average Bonchev–Trinajstić information content (AvgIpc) is 2.93. The minimum absolute atomic E-state index is 0.317. The second-order valence-corrected chi connectivity index (χ2v) is 13.4. The predicted molar refractivity (Wildman–Crippen MR) is 164 cm³/mol. The molecule has 0 aliphatic heterocycles. The van der Waals surface area contributed by atoms with Crippen molar-refractivity contribution in [2.24, 2.45) is 0 Å². The first-order valence-corrected chi connectivity index (χ1v) is 18.3. The van der Waals surface area contributed by atoms with E-state index >= 15 is 0 Å². The van der Waals surface area contributed by atoms with Gasteiger partial charge in [0.05, 0.1) is 6.61 Å². The maximum Gasteiger partial charge on any atom is 0.500 e. The van der Waals surface area contributed by atoms with E-state index in [1.807, 2.05) is 0 Å². The van der Waals surface area contributed by atoms with Gasteiger partial charge >= 0.3 is 14.8 Å². The van der Waals surface area contributed by atoms with Gasteiger partial charge < -0.3 is 18.0 Å². The first kappa shape index (κ1) is 37.3. The molecule has 0 unspecified atom stereocenters. The van der Waals surface area contributed by atoms with Gasteiger partial charge in [0.25, 0.3) is 0 Å². The van der Waals surface area contributed by atoms with Gasteiger partial charge in [-0.25, -0.2) is 4.79 Å². The Morgan fingerprint density at radius 1 is 0.526 bits per heavy atom. The first-order chi connectivity index (χ1) is 18.6. The molecular weight excluding hydrogens is 492 g/mol. The van der Waals surface area contributed by atoms with Crippen LogP contribution in [0.15, 0.2) is 12.7 Å². The highest BCUT2D eigenvalue weighted by atomic mass is 28.4. The van der Waals surface area contributed by atoms with Crippen molar-refractivity contribution in [3.05, 3.63) is 12.7 Å². The molecule has 0 spiro atoms. The molecule has 0 aliphatic carbocycles. The molecule has 0 heterocycles. The molecule has 0 N–H and O–H groups in total. The van der Waals surface area contributed by atoms with E-state index < -0.39 is 8.80 Å². The van der Waals surface area contributed by atoms with Crippen LogP contribution in [-0.4, -0.2) is 41.2 Å². The lowest BCUT2D eigenvalue weighted by Gasteiger charge is -2.30. The van der Waals surface area contributed by atoms with Crippen LogP contribution in [0, 0.1) is 0 Å². The van der Waals surface area contributed by atoms with Crippen LogP contribution >= 0.6 is 0 Å². The van der Waals surface area contributed by atoms with E-state index in [0.29, 0.717) is 6.61 Å². The van der Waals surface area contributed by atoms with Crippen LogP contribution in [-0.2, 0) is 22.8 Å². The summed E-state index contributed by atoms with van der Waals surface area (Å²) < 4.78 is 24.7. The first-order valence-electron chi connectivity index (χ1n) is 16.3. The number of rotatable bonds is 31. The Morgan fingerprint density at radius 3 is 1.26 bits per heavy atom. The molecule has 0 saturated heterocycles. The summed E-state index contributed by atoms with van der Waals surface area (Å²) in [6.07, 6.45) is 26.6. The van der Waals surface area contributed by atoms with Crippen LogP contribution in [0.3, 0.4) is 0 Å². The largest absolute Gasteiger partial charge is 0.500 e. The Morgan fingerprint density at radius 2 is 0.868 bits per heavy atom. The van der Waals surface area contributed by atoms with Crippen molar-refractivity contribution in [3.63, 3.8) is 0 Å². The molecule has 0 atom stereocenters. The van der Waals surface area contributed by atoms with Gasteiger partial charge in [-0.1, -0.05) is 130 Å². The van der Waals surface area contributed by atoms with Crippen LogP contribution in [0.1, 0.15) is 156 Å². The molecule has 0 saturated carbocycles. The van der Waals surface area contributed by atoms with Crippen molar-refractivity contribution in [2.45, 2.75) is 162 Å². The predicted octanol–water partition coefficient (Wildman–Crippen LogP) is 9.96. The normalized spacial score (nSPS) is 11.7. The molecule has 38 heavy (non-hydrogen) atoms. The Hall–Kier alpha value is -0.693. The third-order valence-electron chi connectivity index (χ3n) is 7.00. The van der Waals surface area contributed by atoms with Gasteiger partial charge in [0.15, 0.2) is 0 Å². The van der Waals surface area contributed by atoms with Gasteiger partial charge in [0.1, 0.15) is 0 Å². The molecule has 0 aromatic heterocycles. The maximum atomic E-state index is 11.0. The molecule has 0 bridgehead atoms. The summed E-state index contributed by atoms with van der Waals surface area (Å²) in [5.74, 6) is -0.317. The number of esters is 1. The van der Waals surface area contributed by atoms with E-state index in [9.17, 15) is 4.79 Å². The second kappa shape index (κ2) is 29.3. The standard InChI is InChI=1S/C32H64O5Si/c1-5-9-12-23-28-35-38(36-29-24-13-10-6-2,37-30-25-14-11-7-3)31-26-21-19-17-15-16-18-20-22-27-34-32(33)8-4/h8H,4-7,9-31H2,1-3H3. The Kier molecular flexibility index (Phi) is 28.8. The molecule has 0 rings (SSSR count). The highest BCUT2D eigenvalue weighted by Crippen LogP contribution is 2.23. The van der Waals surface area contributed by atoms with Gasteiger partial charge in [-0.3, -0.25) is 0 Å². The lowest BCUT2D eigenvalue weighted by molar-refractivity contribution is -0.137. The van der Waals surface area contributed by atoms with Crippen molar-refractivity contribution in [1.29, 1.82) is 0 Å². The molecule has 0 aromatic rings. The van der Waals surface area contributed by atoms with E-state index in [2.05, 4.69) is 27.4 Å². The van der Waals surface area contributed by atoms with Crippen LogP contribution in [0.2, 0.25) is 6.04 Å². The van der Waals surface area contributed by atoms with Gasteiger partial charge in [-0.15, -0.1) is 0 Å². The molecule has 226 valence electrons. The van der Waals surface area contributed by atoms with E-state index in [4.69, 9.17) is 18.0 Å². The van der Waals surface area contributed by atoms with Crippen molar-refractivity contribution >= 4 is 14.8 Å². The topological polar surface area (TPSA) is 54.0 Å². The summed E-state index contributed by atoms with van der Waals surface area (Å²) in [6.45, 7) is 13.0. The van der Waals surface area contributed by atoms with Gasteiger partial charge in [0, 0.05) is 31.9 Å². The van der Waals surface area contributed by atoms with E-state index in [-0.39, 0.29) is 5.97 Å². The summed E-state index contributed by atoms with van der Waals surface area (Å²) in [4.78, 5) is 11.0. The van der Waals surface area contributed by atoms with Crippen LogP contribution < -0.4 is 0 Å². The fourth-order valence-electron chi connectivity index (χ4n) is 4.52. The summed E-state index contributed by atoms with van der Waals surface area (Å²) in [7, 11) is -2.62. The number of hydrogen-bond donors (Lipinski definition) is 0. The summed E-state index contributed by atoms with van der Waals surface area (Å²) >= 11 is 0. The van der Waals surface area contributed by atoms with Crippen molar-refractivity contribution < 1.29 is 22.8 Å². The Bertz CT molecular complexity index is 478. The molecule has 0 aromatic carbocycles. The number of unbranched alkanes of at least 4 members (excludes halogenated alkanes) is 17. The number of hydrogen-bond acceptors (Lipinski definition) is 5. The zero-order chi connectivity index (χ0) is 28.0. The summed E-state index contributed by atoms with van der Waals surface area (Å²) in [6, 6.07) is 0.964. The van der Waals surface area contributed by atoms with Crippen LogP contribution in [0.25, 0.3) is 0 Å². The smallest absolute Gasteiger partial charge is 0.463 e. The highest BCUT2D eigenvalue weighted by Gasteiger charge is 2.40. The molecule has 0 radical (unpaired) electrons. The van der Waals surface area contributed by atoms with Gasteiger partial charge in [-0.2, -0.15) is 0 Å². The molecule has 0 aliphatic rings. The van der Waals surface area contributed by atoms with Gasteiger partial charge in [-0.05, 0) is 32.1 Å². The minimum atomic E-state index is -2.62. The molecular formula is C32H64O5Si. The van der Waals surface area contributed by atoms with E-state index in [1.54, 1.807) is 0 Å². The summed E-state index contributed by atoms with van der Waals surface area (Å²) in [5, 5.41) is 0. The summed E-state index contributed by atoms with van der Waals surface area (Å²) in [5.41, 5.74) is 0. The molecule has 6 heteroatoms. The molecule has 5 nitrogen and oxygen atoms in total. The number of ether oxygens (including phenoxy) is 1. The van der Waals surface area contributed by atoms with Crippen molar-refractivity contribution in [2.75, 3.05) is 26.4 Å². The fraction of sp³-hybridized carbons (Fsp3) is 0.906. The number of carbonyl (C=O) groups is 1. The number of carbonyl (C=O) groups excluding carboxylic acids is 1. The monoisotopic (exact) mass is 556 g/mol. The lowest BCUT2D eigenvalue weighted by atomic mass is 10.1. The van der Waals surface area contributed by atoms with Crippen LogP contribution in [0.4, 0.5) is 0 Å². The van der Waals surface area contributed by atoms with Gasteiger partial charge in [0.2, 0.25) is 0 Å². The minimum Gasteiger partial charge on any atom is -0.463 e. The second-order valence-electron chi connectivity index (χ2n) is 10.7. The quantitative estimate of drug-likeness (QED) is 0.0368. The average molecular weight is 557 g/mol. The van der Waals surface area contributed by atoms with Crippen LogP contribution in [0.5, 0.6) is 0 Å². The fourth-order valence-corrected chi connectivity index (χ4v) is 7.26. The third kappa shape index (κ3) is 24.4. The SMILES string of the molecule is C=CC(=O)OCCCCCCCCCCC[Si](OCCCCCC)(OCCCCCC)OCCCCCC. The van der Waals surface area contributed by atoms with Crippen molar-refractivity contribution in [3.8, 4) is 0 Å². The molecule has 0 fully saturated rings. The molecule has 0 amide bonds. The third-order valence-corrected chi connectivity index (χ3v) is 9.90. The van der Waals surface area contributed by atoms with E-state index in [0.717, 1.165) is 64.4 Å².